The van der Waals surface area contributed by atoms with Gasteiger partial charge in [-0.2, -0.15) is 11.8 Å². The Hall–Kier alpha value is -0.630. The first kappa shape index (κ1) is 16.7. The van der Waals surface area contributed by atoms with Crippen molar-refractivity contribution in [3.05, 3.63) is 29.8 Å². The Morgan fingerprint density at radius 2 is 2.10 bits per heavy atom. The molecule has 2 unspecified atom stereocenters. The molecule has 1 aliphatic rings. The average Bonchev–Trinajstić information content (AvgIpc) is 2.47. The molecule has 116 valence electrons. The third kappa shape index (κ3) is 4.18. The molecule has 3 N–H and O–H groups in total. The zero-order valence-corrected chi connectivity index (χ0v) is 14.4. The van der Waals surface area contributed by atoms with E-state index in [0.29, 0.717) is 10.8 Å². The van der Waals surface area contributed by atoms with Gasteiger partial charge >= 0.3 is 0 Å². The highest BCUT2D eigenvalue weighted by Gasteiger charge is 2.29. The first-order valence-electron chi connectivity index (χ1n) is 6.89. The second-order valence-corrected chi connectivity index (χ2v) is 8.41. The van der Waals surface area contributed by atoms with Crippen molar-refractivity contribution in [2.24, 2.45) is 5.73 Å². The van der Waals surface area contributed by atoms with Crippen molar-refractivity contribution < 1.29 is 8.42 Å². The van der Waals surface area contributed by atoms with Gasteiger partial charge in [-0.1, -0.05) is 37.2 Å². The van der Waals surface area contributed by atoms with Crippen molar-refractivity contribution in [2.75, 3.05) is 6.26 Å². The van der Waals surface area contributed by atoms with Crippen molar-refractivity contribution in [2.45, 2.75) is 41.9 Å². The summed E-state index contributed by atoms with van der Waals surface area (Å²) < 4.78 is 27.9. The first-order chi connectivity index (χ1) is 9.94. The summed E-state index contributed by atoms with van der Waals surface area (Å²) >= 11 is 6.63. The van der Waals surface area contributed by atoms with E-state index in [0.717, 1.165) is 19.3 Å². The fraction of sp³-hybridized carbons (Fsp3) is 0.500. The molecule has 2 rings (SSSR count). The van der Waals surface area contributed by atoms with E-state index in [-0.39, 0.29) is 15.9 Å². The van der Waals surface area contributed by atoms with Crippen LogP contribution in [-0.2, 0) is 10.0 Å². The van der Waals surface area contributed by atoms with Crippen LogP contribution in [0.2, 0.25) is 0 Å². The van der Waals surface area contributed by atoms with Gasteiger partial charge in [-0.05, 0) is 31.2 Å². The summed E-state index contributed by atoms with van der Waals surface area (Å²) in [6, 6.07) is 6.47. The molecule has 1 fully saturated rings. The minimum absolute atomic E-state index is 0.00719. The minimum atomic E-state index is -3.54. The Balaban J connectivity index is 2.21. The second-order valence-electron chi connectivity index (χ2n) is 5.18. The molecule has 0 spiro atoms. The van der Waals surface area contributed by atoms with E-state index in [1.54, 1.807) is 30.0 Å². The fourth-order valence-electron chi connectivity index (χ4n) is 2.60. The normalized spacial score (nSPS) is 22.9. The van der Waals surface area contributed by atoms with E-state index in [1.165, 1.54) is 12.5 Å². The molecule has 1 aromatic carbocycles. The lowest BCUT2D eigenvalue weighted by molar-refractivity contribution is 0.423. The predicted octanol–water partition coefficient (Wildman–Crippen LogP) is 2.27. The molecule has 0 heterocycles. The Morgan fingerprint density at radius 1 is 1.38 bits per heavy atom. The highest BCUT2D eigenvalue weighted by Crippen LogP contribution is 2.28. The lowest BCUT2D eigenvalue weighted by atomic mass is 9.96. The Bertz CT molecular complexity index is 616. The van der Waals surface area contributed by atoms with Crippen LogP contribution >= 0.6 is 24.0 Å². The molecule has 0 radical (unpaired) electrons. The van der Waals surface area contributed by atoms with Gasteiger partial charge in [0.2, 0.25) is 10.0 Å². The van der Waals surface area contributed by atoms with Crippen molar-refractivity contribution in [3.8, 4) is 0 Å². The molecule has 0 bridgehead atoms. The smallest absolute Gasteiger partial charge is 0.240 e. The van der Waals surface area contributed by atoms with Crippen molar-refractivity contribution in [1.82, 2.24) is 4.72 Å². The van der Waals surface area contributed by atoms with Crippen LogP contribution < -0.4 is 10.5 Å². The summed E-state index contributed by atoms with van der Waals surface area (Å²) in [5.41, 5.74) is 6.13. The van der Waals surface area contributed by atoms with E-state index in [4.69, 9.17) is 18.0 Å². The van der Waals surface area contributed by atoms with Gasteiger partial charge in [-0.3, -0.25) is 0 Å². The highest BCUT2D eigenvalue weighted by molar-refractivity contribution is 7.99. The maximum absolute atomic E-state index is 12.5. The van der Waals surface area contributed by atoms with E-state index in [2.05, 4.69) is 4.72 Å². The summed E-state index contributed by atoms with van der Waals surface area (Å²) in [5, 5.41) is 0.340. The summed E-state index contributed by atoms with van der Waals surface area (Å²) in [6.45, 7) is 0. The predicted molar refractivity (Wildman–Crippen MR) is 92.2 cm³/mol. The molecule has 2 atom stereocenters. The van der Waals surface area contributed by atoms with Gasteiger partial charge in [-0.25, -0.2) is 13.1 Å². The standard InChI is InChI=1S/C14H20N2O2S3/c1-20-13-8-3-2-7-12(13)16-21(17,18)11-6-4-5-10(9-11)14(15)19/h4-6,9,12-13,16H,2-3,7-8H2,1H3,(H2,15,19). The summed E-state index contributed by atoms with van der Waals surface area (Å²) in [7, 11) is -3.54. The number of nitrogens with one attached hydrogen (secondary N) is 1. The second kappa shape index (κ2) is 7.09. The molecule has 1 aromatic rings. The number of thiocarbonyl (C=S) groups is 1. The topological polar surface area (TPSA) is 72.2 Å². The van der Waals surface area contributed by atoms with Gasteiger partial charge in [0.1, 0.15) is 4.99 Å². The van der Waals surface area contributed by atoms with Crippen LogP contribution in [0.5, 0.6) is 0 Å². The molecular weight excluding hydrogens is 324 g/mol. The lowest BCUT2D eigenvalue weighted by Crippen LogP contribution is -2.43. The quantitative estimate of drug-likeness (QED) is 0.802. The van der Waals surface area contributed by atoms with Crippen LogP contribution in [0.1, 0.15) is 31.2 Å². The maximum Gasteiger partial charge on any atom is 0.240 e. The number of rotatable bonds is 5. The van der Waals surface area contributed by atoms with E-state index >= 15 is 0 Å². The molecule has 21 heavy (non-hydrogen) atoms. The largest absolute Gasteiger partial charge is 0.389 e. The molecular formula is C14H20N2O2S3. The van der Waals surface area contributed by atoms with Gasteiger partial charge in [0.05, 0.1) is 4.90 Å². The zero-order chi connectivity index (χ0) is 15.5. The number of hydrogen-bond donors (Lipinski definition) is 2. The number of thioether (sulfide) groups is 1. The van der Waals surface area contributed by atoms with E-state index < -0.39 is 10.0 Å². The van der Waals surface area contributed by atoms with Gasteiger partial charge < -0.3 is 5.73 Å². The summed E-state index contributed by atoms with van der Waals surface area (Å²) in [6.07, 6.45) is 6.21. The van der Waals surface area contributed by atoms with Crippen molar-refractivity contribution in [1.29, 1.82) is 0 Å². The molecule has 0 amide bonds. The van der Waals surface area contributed by atoms with E-state index in [1.807, 2.05) is 6.26 Å². The van der Waals surface area contributed by atoms with Gasteiger partial charge in [-0.15, -0.1) is 0 Å². The van der Waals surface area contributed by atoms with Crippen LogP contribution in [0, 0.1) is 0 Å². The summed E-state index contributed by atoms with van der Waals surface area (Å²) in [5.74, 6) is 0. The Kier molecular flexibility index (Phi) is 5.65. The Labute approximate surface area is 135 Å². The van der Waals surface area contributed by atoms with Crippen LogP contribution in [-0.4, -0.2) is 31.0 Å². The maximum atomic E-state index is 12.5. The zero-order valence-electron chi connectivity index (χ0n) is 11.9. The van der Waals surface area contributed by atoms with Crippen molar-refractivity contribution in [3.63, 3.8) is 0 Å². The number of benzene rings is 1. The Morgan fingerprint density at radius 3 is 2.76 bits per heavy atom. The van der Waals surface area contributed by atoms with Gasteiger partial charge in [0, 0.05) is 16.9 Å². The lowest BCUT2D eigenvalue weighted by Gasteiger charge is -2.30. The number of sulfonamides is 1. The fourth-order valence-corrected chi connectivity index (χ4v) is 5.10. The van der Waals surface area contributed by atoms with Crippen LogP contribution in [0.15, 0.2) is 29.2 Å². The van der Waals surface area contributed by atoms with Crippen molar-refractivity contribution >= 4 is 39.0 Å². The molecule has 0 saturated heterocycles. The monoisotopic (exact) mass is 344 g/mol. The van der Waals surface area contributed by atoms with Crippen LogP contribution in [0.4, 0.5) is 0 Å². The SMILES string of the molecule is CSC1CCCCC1NS(=O)(=O)c1cccc(C(N)=S)c1. The molecule has 0 aromatic heterocycles. The molecule has 1 saturated carbocycles. The van der Waals surface area contributed by atoms with E-state index in [9.17, 15) is 8.42 Å². The number of nitrogens with two attached hydrogens (primary N) is 1. The first-order valence-corrected chi connectivity index (χ1v) is 10.1. The minimum Gasteiger partial charge on any atom is -0.389 e. The summed E-state index contributed by atoms with van der Waals surface area (Å²) in [4.78, 5) is 0.421. The molecule has 4 nitrogen and oxygen atoms in total. The molecule has 7 heteroatoms. The third-order valence-corrected chi connectivity index (χ3v) is 6.63. The van der Waals surface area contributed by atoms with Gasteiger partial charge in [0.25, 0.3) is 0 Å². The van der Waals surface area contributed by atoms with Crippen LogP contribution in [0.3, 0.4) is 0 Å². The highest BCUT2D eigenvalue weighted by atomic mass is 32.2. The van der Waals surface area contributed by atoms with Gasteiger partial charge in [0.15, 0.2) is 0 Å². The average molecular weight is 345 g/mol. The number of hydrogen-bond acceptors (Lipinski definition) is 4. The molecule has 0 aliphatic heterocycles. The molecule has 1 aliphatic carbocycles. The van der Waals surface area contributed by atoms with Crippen LogP contribution in [0.25, 0.3) is 0 Å². The third-order valence-electron chi connectivity index (χ3n) is 3.74.